The maximum absolute atomic E-state index is 12.5. The first-order chi connectivity index (χ1) is 10.6. The van der Waals surface area contributed by atoms with Crippen LogP contribution in [0.4, 0.5) is 5.69 Å². The van der Waals surface area contributed by atoms with Crippen LogP contribution in [-0.2, 0) is 16.6 Å². The minimum Gasteiger partial charge on any atom is -0.490 e. The van der Waals surface area contributed by atoms with Gasteiger partial charge in [-0.1, -0.05) is 6.42 Å². The summed E-state index contributed by atoms with van der Waals surface area (Å²) in [4.78, 5) is 14.9. The van der Waals surface area contributed by atoms with Gasteiger partial charge in [0.15, 0.2) is 0 Å². The molecule has 0 bridgehead atoms. The van der Waals surface area contributed by atoms with E-state index in [1.807, 2.05) is 12.1 Å². The number of nitrogen functional groups attached to an aromatic ring is 1. The molecule has 1 heterocycles. The molecule has 2 aliphatic carbocycles. The fourth-order valence-electron chi connectivity index (χ4n) is 4.22. The minimum atomic E-state index is -0.227. The van der Waals surface area contributed by atoms with E-state index in [4.69, 9.17) is 10.5 Å². The van der Waals surface area contributed by atoms with Gasteiger partial charge >= 0.3 is 0 Å². The third-order valence-electron chi connectivity index (χ3n) is 5.78. The van der Waals surface area contributed by atoms with Gasteiger partial charge in [-0.2, -0.15) is 0 Å². The van der Waals surface area contributed by atoms with Crippen molar-refractivity contribution in [2.45, 2.75) is 50.0 Å². The van der Waals surface area contributed by atoms with Gasteiger partial charge < -0.3 is 15.4 Å². The molecular formula is C18H24N2O2. The second kappa shape index (κ2) is 4.98. The van der Waals surface area contributed by atoms with E-state index in [0.717, 1.165) is 67.8 Å². The minimum absolute atomic E-state index is 0.227. The zero-order valence-corrected chi connectivity index (χ0v) is 13.2. The van der Waals surface area contributed by atoms with Crippen molar-refractivity contribution in [3.8, 4) is 5.75 Å². The number of hydrogen-bond acceptors (Lipinski definition) is 4. The van der Waals surface area contributed by atoms with Crippen LogP contribution in [0.3, 0.4) is 0 Å². The Bertz CT molecular complexity index is 614. The van der Waals surface area contributed by atoms with Crippen LogP contribution in [0, 0.1) is 0 Å². The number of carbonyl (C=O) groups is 1. The molecule has 2 fully saturated rings. The van der Waals surface area contributed by atoms with E-state index in [-0.39, 0.29) is 11.5 Å². The number of rotatable bonds is 2. The van der Waals surface area contributed by atoms with Crippen molar-refractivity contribution in [1.29, 1.82) is 0 Å². The van der Waals surface area contributed by atoms with Crippen LogP contribution < -0.4 is 10.5 Å². The van der Waals surface area contributed by atoms with Gasteiger partial charge in [-0.3, -0.25) is 4.79 Å². The molecule has 0 aromatic heterocycles. The van der Waals surface area contributed by atoms with E-state index < -0.39 is 0 Å². The van der Waals surface area contributed by atoms with E-state index >= 15 is 0 Å². The zero-order valence-electron chi connectivity index (χ0n) is 13.2. The summed E-state index contributed by atoms with van der Waals surface area (Å²) in [5.41, 5.74) is 8.87. The lowest BCUT2D eigenvalue weighted by molar-refractivity contribution is -0.125. The van der Waals surface area contributed by atoms with Crippen LogP contribution in [0.2, 0.25) is 0 Å². The molecule has 1 aliphatic heterocycles. The summed E-state index contributed by atoms with van der Waals surface area (Å²) in [5, 5.41) is 0. The van der Waals surface area contributed by atoms with Crippen LogP contribution in [-0.4, -0.2) is 36.9 Å². The Balaban J connectivity index is 1.64. The summed E-state index contributed by atoms with van der Waals surface area (Å²) in [7, 11) is 2.15. The van der Waals surface area contributed by atoms with Gasteiger partial charge in [0, 0.05) is 36.8 Å². The Hall–Kier alpha value is -1.55. The molecule has 0 unspecified atom stereocenters. The highest BCUT2D eigenvalue weighted by Gasteiger charge is 2.51. The van der Waals surface area contributed by atoms with Crippen molar-refractivity contribution in [3.05, 3.63) is 23.3 Å². The van der Waals surface area contributed by atoms with Crippen molar-refractivity contribution in [2.24, 2.45) is 0 Å². The fraction of sp³-hybridized carbons (Fsp3) is 0.611. The molecular weight excluding hydrogens is 276 g/mol. The van der Waals surface area contributed by atoms with E-state index in [0.29, 0.717) is 12.2 Å². The molecule has 1 spiro atoms. The zero-order chi connectivity index (χ0) is 15.3. The number of ketones is 1. The lowest BCUT2D eigenvalue weighted by atomic mass is 9.64. The van der Waals surface area contributed by atoms with Gasteiger partial charge in [-0.15, -0.1) is 0 Å². The van der Waals surface area contributed by atoms with Crippen molar-refractivity contribution in [1.82, 2.24) is 4.90 Å². The van der Waals surface area contributed by atoms with Crippen molar-refractivity contribution in [3.63, 3.8) is 0 Å². The van der Waals surface area contributed by atoms with Crippen LogP contribution >= 0.6 is 0 Å². The van der Waals surface area contributed by atoms with Crippen LogP contribution in [0.1, 0.15) is 43.2 Å². The lowest BCUT2D eigenvalue weighted by Gasteiger charge is -2.37. The Morgan fingerprint density at radius 3 is 2.64 bits per heavy atom. The number of hydrogen-bond donors (Lipinski definition) is 1. The van der Waals surface area contributed by atoms with Gasteiger partial charge in [0.2, 0.25) is 0 Å². The predicted molar refractivity (Wildman–Crippen MR) is 86.2 cm³/mol. The summed E-state index contributed by atoms with van der Waals surface area (Å²) in [6.07, 6.45) is 5.96. The highest BCUT2D eigenvalue weighted by Crippen LogP contribution is 2.53. The molecule has 1 aromatic rings. The molecule has 1 saturated heterocycles. The molecule has 1 aromatic carbocycles. The molecule has 4 nitrogen and oxygen atoms in total. The van der Waals surface area contributed by atoms with Gasteiger partial charge in [-0.25, -0.2) is 0 Å². The third-order valence-corrected chi connectivity index (χ3v) is 5.78. The highest BCUT2D eigenvalue weighted by molar-refractivity contribution is 5.98. The summed E-state index contributed by atoms with van der Waals surface area (Å²) in [6, 6.07) is 3.93. The van der Waals surface area contributed by atoms with Gasteiger partial charge in [-0.05, 0) is 44.4 Å². The van der Waals surface area contributed by atoms with Crippen molar-refractivity contribution < 1.29 is 9.53 Å². The molecule has 2 N–H and O–H groups in total. The molecule has 3 aliphatic rings. The lowest BCUT2D eigenvalue weighted by Crippen LogP contribution is -2.39. The quantitative estimate of drug-likeness (QED) is 0.852. The van der Waals surface area contributed by atoms with Gasteiger partial charge in [0.05, 0.1) is 5.41 Å². The average Bonchev–Trinajstić information content (AvgIpc) is 2.73. The Labute approximate surface area is 131 Å². The maximum Gasteiger partial charge on any atom is 0.147 e. The molecule has 1 saturated carbocycles. The third kappa shape index (κ3) is 2.04. The molecule has 0 radical (unpaired) electrons. The number of Topliss-reactive ketones (excluding diaryl/α,β-unsaturated/α-hetero) is 1. The van der Waals surface area contributed by atoms with Crippen molar-refractivity contribution in [2.75, 3.05) is 25.9 Å². The number of carbonyl (C=O) groups excluding carboxylic acids is 1. The van der Waals surface area contributed by atoms with Crippen LogP contribution in [0.15, 0.2) is 12.1 Å². The molecule has 4 heteroatoms. The molecule has 22 heavy (non-hydrogen) atoms. The van der Waals surface area contributed by atoms with Crippen LogP contribution in [0.5, 0.6) is 5.75 Å². The molecule has 0 atom stereocenters. The normalized spacial score (nSPS) is 24.3. The van der Waals surface area contributed by atoms with E-state index in [9.17, 15) is 4.79 Å². The van der Waals surface area contributed by atoms with Crippen molar-refractivity contribution >= 4 is 11.5 Å². The number of nitrogens with two attached hydrogens (primary N) is 1. The first-order valence-corrected chi connectivity index (χ1v) is 8.40. The smallest absolute Gasteiger partial charge is 0.147 e. The maximum atomic E-state index is 12.5. The SMILES string of the molecule is CN1CCC(Oc2cc(N)cc3c2CC(=O)C32CCC2)CC1. The fourth-order valence-corrected chi connectivity index (χ4v) is 4.22. The topological polar surface area (TPSA) is 55.6 Å². The van der Waals surface area contributed by atoms with E-state index in [2.05, 4.69) is 11.9 Å². The predicted octanol–water partition coefficient (Wildman–Crippen LogP) is 2.29. The number of piperidine rings is 1. The first kappa shape index (κ1) is 14.1. The summed E-state index contributed by atoms with van der Waals surface area (Å²) < 4.78 is 6.28. The number of ether oxygens (including phenoxy) is 1. The molecule has 4 rings (SSSR count). The summed E-state index contributed by atoms with van der Waals surface area (Å²) >= 11 is 0. The number of nitrogens with zero attached hydrogens (tertiary/aromatic N) is 1. The van der Waals surface area contributed by atoms with Gasteiger partial charge in [0.25, 0.3) is 0 Å². The summed E-state index contributed by atoms with van der Waals surface area (Å²) in [6.45, 7) is 2.14. The monoisotopic (exact) mass is 300 g/mol. The van der Waals surface area contributed by atoms with E-state index in [1.165, 1.54) is 0 Å². The second-order valence-electron chi connectivity index (χ2n) is 7.20. The number of benzene rings is 1. The Kier molecular flexibility index (Phi) is 3.19. The largest absolute Gasteiger partial charge is 0.490 e. The Morgan fingerprint density at radius 1 is 1.27 bits per heavy atom. The summed E-state index contributed by atoms with van der Waals surface area (Å²) in [5.74, 6) is 1.23. The standard InChI is InChI=1S/C18H24N2O2/c1-20-7-3-13(4-8-20)22-16-10-12(19)9-15-14(16)11-17(21)18(15)5-2-6-18/h9-10,13H,2-8,11,19H2,1H3. The van der Waals surface area contributed by atoms with Gasteiger partial charge in [0.1, 0.15) is 17.6 Å². The second-order valence-corrected chi connectivity index (χ2v) is 7.20. The highest BCUT2D eigenvalue weighted by atomic mass is 16.5. The van der Waals surface area contributed by atoms with E-state index in [1.54, 1.807) is 0 Å². The average molecular weight is 300 g/mol. The Morgan fingerprint density at radius 2 is 2.00 bits per heavy atom. The number of anilines is 1. The molecule has 118 valence electrons. The molecule has 0 amide bonds. The first-order valence-electron chi connectivity index (χ1n) is 8.40. The number of likely N-dealkylation sites (tertiary alicyclic amines) is 1. The van der Waals surface area contributed by atoms with Crippen LogP contribution in [0.25, 0.3) is 0 Å². The number of fused-ring (bicyclic) bond motifs is 2.